The van der Waals surface area contributed by atoms with Crippen LogP contribution in [0.1, 0.15) is 19.5 Å². The van der Waals surface area contributed by atoms with E-state index in [0.29, 0.717) is 0 Å². The molecule has 0 saturated carbocycles. The smallest absolute Gasteiger partial charge is 0.133 e. The molecule has 1 aliphatic heterocycles. The SMILES string of the molecule is CCc1cccc(N2CC=CC=C2C)n1. The van der Waals surface area contributed by atoms with Gasteiger partial charge in [-0.1, -0.05) is 25.1 Å². The van der Waals surface area contributed by atoms with Crippen molar-refractivity contribution in [3.05, 3.63) is 47.8 Å². The zero-order chi connectivity index (χ0) is 10.7. The number of pyridine rings is 1. The van der Waals surface area contributed by atoms with E-state index in [9.17, 15) is 0 Å². The molecule has 0 unspecified atom stereocenters. The summed E-state index contributed by atoms with van der Waals surface area (Å²) < 4.78 is 0. The molecule has 2 heteroatoms. The van der Waals surface area contributed by atoms with Crippen LogP contribution in [0.15, 0.2) is 42.1 Å². The molecule has 0 aliphatic carbocycles. The van der Waals surface area contributed by atoms with Crippen LogP contribution in [0.4, 0.5) is 5.82 Å². The van der Waals surface area contributed by atoms with E-state index in [0.717, 1.165) is 24.5 Å². The number of allylic oxidation sites excluding steroid dienone is 3. The van der Waals surface area contributed by atoms with Crippen molar-refractivity contribution in [3.63, 3.8) is 0 Å². The van der Waals surface area contributed by atoms with E-state index in [1.807, 2.05) is 0 Å². The minimum absolute atomic E-state index is 0.919. The average Bonchev–Trinajstić information content (AvgIpc) is 2.30. The summed E-state index contributed by atoms with van der Waals surface area (Å²) in [7, 11) is 0. The van der Waals surface area contributed by atoms with E-state index < -0.39 is 0 Å². The zero-order valence-corrected chi connectivity index (χ0v) is 9.27. The number of anilines is 1. The molecule has 1 aromatic rings. The van der Waals surface area contributed by atoms with Crippen molar-refractivity contribution in [1.29, 1.82) is 0 Å². The van der Waals surface area contributed by atoms with E-state index in [2.05, 4.69) is 60.2 Å². The lowest BCUT2D eigenvalue weighted by Crippen LogP contribution is -2.23. The standard InChI is InChI=1S/C13H16N2/c1-3-12-8-6-9-13(14-12)15-10-5-4-7-11(15)2/h4-9H,3,10H2,1-2H3. The molecule has 0 amide bonds. The minimum Gasteiger partial charge on any atom is -0.327 e. The molecular weight excluding hydrogens is 184 g/mol. The Labute approximate surface area is 90.9 Å². The van der Waals surface area contributed by atoms with Crippen LogP contribution in [0.3, 0.4) is 0 Å². The van der Waals surface area contributed by atoms with Crippen LogP contribution >= 0.6 is 0 Å². The molecule has 2 rings (SSSR count). The van der Waals surface area contributed by atoms with Crippen LogP contribution < -0.4 is 4.90 Å². The molecule has 0 aromatic carbocycles. The van der Waals surface area contributed by atoms with E-state index >= 15 is 0 Å². The Morgan fingerprint density at radius 3 is 3.00 bits per heavy atom. The summed E-state index contributed by atoms with van der Waals surface area (Å²) in [6.45, 7) is 5.16. The Hall–Kier alpha value is -1.57. The Bertz CT molecular complexity index is 405. The molecule has 0 saturated heterocycles. The second-order valence-electron chi connectivity index (χ2n) is 3.69. The molecule has 0 spiro atoms. The van der Waals surface area contributed by atoms with Crippen molar-refractivity contribution < 1.29 is 0 Å². The van der Waals surface area contributed by atoms with Gasteiger partial charge in [-0.15, -0.1) is 0 Å². The predicted octanol–water partition coefficient (Wildman–Crippen LogP) is 2.92. The molecule has 0 bridgehead atoms. The van der Waals surface area contributed by atoms with Crippen LogP contribution in [-0.2, 0) is 6.42 Å². The fourth-order valence-corrected chi connectivity index (χ4v) is 1.70. The molecule has 1 aliphatic rings. The largest absolute Gasteiger partial charge is 0.327 e. The normalized spacial score (nSPS) is 15.3. The van der Waals surface area contributed by atoms with Gasteiger partial charge in [-0.3, -0.25) is 0 Å². The molecule has 0 N–H and O–H groups in total. The number of rotatable bonds is 2. The van der Waals surface area contributed by atoms with Gasteiger partial charge < -0.3 is 4.90 Å². The van der Waals surface area contributed by atoms with Gasteiger partial charge in [0, 0.05) is 17.9 Å². The Morgan fingerprint density at radius 2 is 2.27 bits per heavy atom. The first kappa shape index (κ1) is 9.97. The predicted molar refractivity (Wildman–Crippen MR) is 63.9 cm³/mol. The number of hydrogen-bond acceptors (Lipinski definition) is 2. The first-order chi connectivity index (χ1) is 7.31. The highest BCUT2D eigenvalue weighted by Gasteiger charge is 2.10. The van der Waals surface area contributed by atoms with Gasteiger partial charge in [-0.05, 0) is 31.6 Å². The summed E-state index contributed by atoms with van der Waals surface area (Å²) in [5.41, 5.74) is 2.40. The fraction of sp³-hybridized carbons (Fsp3) is 0.308. The van der Waals surface area contributed by atoms with E-state index in [-0.39, 0.29) is 0 Å². The zero-order valence-electron chi connectivity index (χ0n) is 9.27. The summed E-state index contributed by atoms with van der Waals surface area (Å²) in [5.74, 6) is 1.05. The number of aromatic nitrogens is 1. The highest BCUT2D eigenvalue weighted by molar-refractivity contribution is 5.49. The lowest BCUT2D eigenvalue weighted by Gasteiger charge is -2.25. The Morgan fingerprint density at radius 1 is 1.40 bits per heavy atom. The molecule has 0 fully saturated rings. The number of nitrogens with zero attached hydrogens (tertiary/aromatic N) is 2. The molecule has 1 aromatic heterocycles. The van der Waals surface area contributed by atoms with Crippen LogP contribution in [0, 0.1) is 0 Å². The molecule has 2 heterocycles. The van der Waals surface area contributed by atoms with Gasteiger partial charge in [0.05, 0.1) is 0 Å². The maximum atomic E-state index is 4.62. The van der Waals surface area contributed by atoms with Gasteiger partial charge in [0.15, 0.2) is 0 Å². The highest BCUT2D eigenvalue weighted by Crippen LogP contribution is 2.19. The van der Waals surface area contributed by atoms with Gasteiger partial charge in [-0.2, -0.15) is 0 Å². The average molecular weight is 200 g/mol. The lowest BCUT2D eigenvalue weighted by atomic mass is 10.2. The fourth-order valence-electron chi connectivity index (χ4n) is 1.70. The first-order valence-electron chi connectivity index (χ1n) is 5.38. The third kappa shape index (κ3) is 2.09. The molecular formula is C13H16N2. The molecule has 0 radical (unpaired) electrons. The van der Waals surface area contributed by atoms with Crippen molar-refractivity contribution in [2.75, 3.05) is 11.4 Å². The molecule has 2 nitrogen and oxygen atoms in total. The number of aryl methyl sites for hydroxylation is 1. The van der Waals surface area contributed by atoms with Crippen molar-refractivity contribution in [1.82, 2.24) is 4.98 Å². The summed E-state index contributed by atoms with van der Waals surface area (Å²) in [6.07, 6.45) is 7.34. The summed E-state index contributed by atoms with van der Waals surface area (Å²) in [4.78, 5) is 6.84. The maximum Gasteiger partial charge on any atom is 0.133 e. The van der Waals surface area contributed by atoms with Gasteiger partial charge in [0.2, 0.25) is 0 Å². The van der Waals surface area contributed by atoms with Crippen molar-refractivity contribution >= 4 is 5.82 Å². The number of hydrogen-bond donors (Lipinski definition) is 0. The van der Waals surface area contributed by atoms with Crippen LogP contribution in [0.25, 0.3) is 0 Å². The third-order valence-electron chi connectivity index (χ3n) is 2.62. The van der Waals surface area contributed by atoms with Crippen molar-refractivity contribution in [2.24, 2.45) is 0 Å². The second-order valence-corrected chi connectivity index (χ2v) is 3.69. The Kier molecular flexibility index (Phi) is 2.86. The van der Waals surface area contributed by atoms with Crippen LogP contribution in [0.5, 0.6) is 0 Å². The molecule has 0 atom stereocenters. The van der Waals surface area contributed by atoms with Gasteiger partial charge in [0.1, 0.15) is 5.82 Å². The highest BCUT2D eigenvalue weighted by atomic mass is 15.2. The topological polar surface area (TPSA) is 16.1 Å². The van der Waals surface area contributed by atoms with Crippen molar-refractivity contribution in [3.8, 4) is 0 Å². The quantitative estimate of drug-likeness (QED) is 0.729. The summed E-state index contributed by atoms with van der Waals surface area (Å²) >= 11 is 0. The van der Waals surface area contributed by atoms with Crippen LogP contribution in [-0.4, -0.2) is 11.5 Å². The van der Waals surface area contributed by atoms with Gasteiger partial charge in [0.25, 0.3) is 0 Å². The minimum atomic E-state index is 0.919. The summed E-state index contributed by atoms with van der Waals surface area (Å²) in [6, 6.07) is 6.21. The first-order valence-corrected chi connectivity index (χ1v) is 5.38. The Balaban J connectivity index is 2.29. The second kappa shape index (κ2) is 4.30. The van der Waals surface area contributed by atoms with E-state index in [1.54, 1.807) is 0 Å². The monoisotopic (exact) mass is 200 g/mol. The van der Waals surface area contributed by atoms with Crippen LogP contribution in [0.2, 0.25) is 0 Å². The van der Waals surface area contributed by atoms with Crippen molar-refractivity contribution in [2.45, 2.75) is 20.3 Å². The third-order valence-corrected chi connectivity index (χ3v) is 2.62. The van der Waals surface area contributed by atoms with E-state index in [1.165, 1.54) is 5.70 Å². The van der Waals surface area contributed by atoms with E-state index in [4.69, 9.17) is 0 Å². The van der Waals surface area contributed by atoms with Gasteiger partial charge in [-0.25, -0.2) is 4.98 Å². The molecule has 15 heavy (non-hydrogen) atoms. The molecule has 78 valence electrons. The maximum absolute atomic E-state index is 4.62. The van der Waals surface area contributed by atoms with Gasteiger partial charge >= 0.3 is 0 Å². The lowest BCUT2D eigenvalue weighted by molar-refractivity contribution is 0.933. The summed E-state index contributed by atoms with van der Waals surface area (Å²) in [5, 5.41) is 0.